The van der Waals surface area contributed by atoms with Gasteiger partial charge in [-0.25, -0.2) is 9.97 Å². The number of allylic oxidation sites excluding steroid dienone is 2. The highest BCUT2D eigenvalue weighted by Gasteiger charge is 2.10. The summed E-state index contributed by atoms with van der Waals surface area (Å²) in [4.78, 5) is 10.0. The molecule has 2 heterocycles. The van der Waals surface area contributed by atoms with E-state index in [-0.39, 0.29) is 0 Å². The van der Waals surface area contributed by atoms with Crippen LogP contribution in [-0.2, 0) is 6.42 Å². The fourth-order valence-electron chi connectivity index (χ4n) is 3.09. The lowest BCUT2D eigenvalue weighted by molar-refractivity contribution is 1.24. The van der Waals surface area contributed by atoms with Gasteiger partial charge in [-0.3, -0.25) is 0 Å². The third-order valence-electron chi connectivity index (χ3n) is 4.67. The van der Waals surface area contributed by atoms with Crippen LogP contribution in [0.4, 0.5) is 5.13 Å². The summed E-state index contributed by atoms with van der Waals surface area (Å²) >= 11 is 4.62. The van der Waals surface area contributed by atoms with Crippen LogP contribution in [0.5, 0.6) is 0 Å². The molecule has 0 unspecified atom stereocenters. The van der Waals surface area contributed by atoms with Crippen molar-refractivity contribution in [3.8, 4) is 17.3 Å². The van der Waals surface area contributed by atoms with Crippen molar-refractivity contribution in [3.63, 3.8) is 0 Å². The maximum atomic E-state index is 9.66. The molecular weight excluding hydrogens is 440 g/mol. The Morgan fingerprint density at radius 2 is 2.00 bits per heavy atom. The summed E-state index contributed by atoms with van der Waals surface area (Å²) in [7, 11) is 0. The van der Waals surface area contributed by atoms with Crippen LogP contribution in [0.15, 0.2) is 70.4 Å². The van der Waals surface area contributed by atoms with Gasteiger partial charge in [0.1, 0.15) is 11.1 Å². The SMILES string of the molecule is Cc1ccc(-c2csc(C(C#N)=CCc3ccc(SNc4nccs4)cc3)n2)c(C)c1. The van der Waals surface area contributed by atoms with Crippen LogP contribution >= 0.6 is 34.6 Å². The predicted molar refractivity (Wildman–Crippen MR) is 132 cm³/mol. The van der Waals surface area contributed by atoms with Gasteiger partial charge in [-0.05, 0) is 55.5 Å². The largest absolute Gasteiger partial charge is 0.302 e. The third kappa shape index (κ3) is 5.42. The van der Waals surface area contributed by atoms with Gasteiger partial charge >= 0.3 is 0 Å². The molecule has 0 aliphatic rings. The van der Waals surface area contributed by atoms with E-state index < -0.39 is 0 Å². The zero-order valence-electron chi connectivity index (χ0n) is 17.1. The van der Waals surface area contributed by atoms with Crippen molar-refractivity contribution in [2.45, 2.75) is 25.2 Å². The first kappa shape index (κ1) is 21.3. The Bertz CT molecular complexity index is 1230. The number of benzene rings is 2. The maximum absolute atomic E-state index is 9.66. The molecule has 4 rings (SSSR count). The Morgan fingerprint density at radius 1 is 1.16 bits per heavy atom. The van der Waals surface area contributed by atoms with Crippen LogP contribution in [0.2, 0.25) is 0 Å². The zero-order chi connectivity index (χ0) is 21.6. The summed E-state index contributed by atoms with van der Waals surface area (Å²) in [5, 5.41) is 15.3. The molecule has 0 aliphatic heterocycles. The minimum absolute atomic E-state index is 0.616. The highest BCUT2D eigenvalue weighted by molar-refractivity contribution is 8.00. The van der Waals surface area contributed by atoms with E-state index in [0.717, 1.165) is 31.9 Å². The Morgan fingerprint density at radius 3 is 2.71 bits per heavy atom. The minimum Gasteiger partial charge on any atom is -0.302 e. The van der Waals surface area contributed by atoms with Gasteiger partial charge < -0.3 is 4.72 Å². The monoisotopic (exact) mass is 460 g/mol. The lowest BCUT2D eigenvalue weighted by Crippen LogP contribution is -1.88. The zero-order valence-corrected chi connectivity index (χ0v) is 19.6. The van der Waals surface area contributed by atoms with Crippen molar-refractivity contribution in [3.05, 3.63) is 87.2 Å². The molecular formula is C24H20N4S3. The van der Waals surface area contributed by atoms with Crippen LogP contribution in [0, 0.1) is 25.2 Å². The Balaban J connectivity index is 1.43. The summed E-state index contributed by atoms with van der Waals surface area (Å²) in [5.41, 5.74) is 6.24. The molecule has 4 nitrogen and oxygen atoms in total. The number of hydrogen-bond donors (Lipinski definition) is 1. The molecule has 4 aromatic rings. The molecule has 31 heavy (non-hydrogen) atoms. The number of rotatable bonds is 7. The fraction of sp³-hybridized carbons (Fsp3) is 0.125. The molecule has 2 aromatic carbocycles. The van der Waals surface area contributed by atoms with E-state index >= 15 is 0 Å². The smallest absolute Gasteiger partial charge is 0.192 e. The van der Waals surface area contributed by atoms with Gasteiger partial charge in [0.15, 0.2) is 5.13 Å². The molecule has 0 fully saturated rings. The van der Waals surface area contributed by atoms with Crippen LogP contribution in [0.25, 0.3) is 16.8 Å². The van der Waals surface area contributed by atoms with Crippen molar-refractivity contribution in [2.75, 3.05) is 4.72 Å². The Kier molecular flexibility index (Phi) is 6.82. The van der Waals surface area contributed by atoms with E-state index in [0.29, 0.717) is 12.0 Å². The number of anilines is 1. The first-order valence-electron chi connectivity index (χ1n) is 9.67. The maximum Gasteiger partial charge on any atom is 0.192 e. The van der Waals surface area contributed by atoms with Crippen LogP contribution in [-0.4, -0.2) is 9.97 Å². The Labute approximate surface area is 194 Å². The van der Waals surface area contributed by atoms with Gasteiger partial charge in [0, 0.05) is 27.4 Å². The molecule has 0 saturated heterocycles. The lowest BCUT2D eigenvalue weighted by Gasteiger charge is -2.04. The van der Waals surface area contributed by atoms with Crippen LogP contribution in [0.1, 0.15) is 21.7 Å². The van der Waals surface area contributed by atoms with Gasteiger partial charge in [-0.1, -0.05) is 42.0 Å². The van der Waals surface area contributed by atoms with Crippen LogP contribution < -0.4 is 4.72 Å². The molecule has 0 amide bonds. The number of nitriles is 1. The molecule has 154 valence electrons. The van der Waals surface area contributed by atoms with Crippen molar-refractivity contribution in [1.82, 2.24) is 9.97 Å². The summed E-state index contributed by atoms with van der Waals surface area (Å²) in [6.45, 7) is 4.18. The number of hydrogen-bond acceptors (Lipinski definition) is 7. The first-order valence-corrected chi connectivity index (χ1v) is 12.2. The average Bonchev–Trinajstić information content (AvgIpc) is 3.46. The summed E-state index contributed by atoms with van der Waals surface area (Å²) < 4.78 is 3.23. The number of aromatic nitrogens is 2. The second-order valence-corrected chi connectivity index (χ2v) is 9.61. The van der Waals surface area contributed by atoms with E-state index in [4.69, 9.17) is 4.98 Å². The van der Waals surface area contributed by atoms with Gasteiger partial charge in [0.2, 0.25) is 0 Å². The number of nitrogens with one attached hydrogen (secondary N) is 1. The topological polar surface area (TPSA) is 61.6 Å². The van der Waals surface area contributed by atoms with E-state index in [1.165, 1.54) is 34.4 Å². The summed E-state index contributed by atoms with van der Waals surface area (Å²) in [6.07, 6.45) is 4.43. The van der Waals surface area contributed by atoms with Gasteiger partial charge in [-0.2, -0.15) is 5.26 Å². The third-order valence-corrected chi connectivity index (χ3v) is 7.16. The number of nitrogens with zero attached hydrogens (tertiary/aromatic N) is 3. The first-order chi connectivity index (χ1) is 15.1. The number of aryl methyl sites for hydroxylation is 2. The molecule has 2 aromatic heterocycles. The quantitative estimate of drug-likeness (QED) is 0.234. The van der Waals surface area contributed by atoms with E-state index in [1.807, 2.05) is 16.8 Å². The van der Waals surface area contributed by atoms with Gasteiger partial charge in [0.25, 0.3) is 0 Å². The average molecular weight is 461 g/mol. The standard InChI is InChI=1S/C24H20N4S3/c1-16-3-10-21(17(2)13-16)22-15-30-23(27-22)19(14-25)7-4-18-5-8-20(9-6-18)31-28-24-26-11-12-29-24/h3,5-13,15H,4H2,1-2H3,(H,26,28). The second kappa shape index (κ2) is 9.92. The molecule has 7 heteroatoms. The molecule has 0 spiro atoms. The van der Waals surface area contributed by atoms with Crippen molar-refractivity contribution in [2.24, 2.45) is 0 Å². The fourth-order valence-corrected chi connectivity index (χ4v) is 5.12. The van der Waals surface area contributed by atoms with Gasteiger partial charge in [0.05, 0.1) is 11.3 Å². The van der Waals surface area contributed by atoms with Crippen molar-refractivity contribution >= 4 is 45.3 Å². The molecule has 0 atom stereocenters. The summed E-state index contributed by atoms with van der Waals surface area (Å²) in [6, 6.07) is 17.0. The van der Waals surface area contributed by atoms with Crippen molar-refractivity contribution < 1.29 is 0 Å². The van der Waals surface area contributed by atoms with Crippen LogP contribution in [0.3, 0.4) is 0 Å². The van der Waals surface area contributed by atoms with Gasteiger partial charge in [-0.15, -0.1) is 22.7 Å². The minimum atomic E-state index is 0.616. The Hall–Kier alpha value is -2.92. The highest BCUT2D eigenvalue weighted by Crippen LogP contribution is 2.29. The molecule has 1 N–H and O–H groups in total. The molecule has 0 aliphatic carbocycles. The lowest BCUT2D eigenvalue weighted by atomic mass is 10.0. The van der Waals surface area contributed by atoms with E-state index in [2.05, 4.69) is 72.1 Å². The highest BCUT2D eigenvalue weighted by atomic mass is 32.2. The number of thiazole rings is 2. The molecule has 0 bridgehead atoms. The molecule has 0 radical (unpaired) electrons. The van der Waals surface area contributed by atoms with E-state index in [1.54, 1.807) is 17.5 Å². The molecule has 0 saturated carbocycles. The van der Waals surface area contributed by atoms with E-state index in [9.17, 15) is 5.26 Å². The normalized spacial score (nSPS) is 11.3. The predicted octanol–water partition coefficient (Wildman–Crippen LogP) is 7.15. The summed E-state index contributed by atoms with van der Waals surface area (Å²) in [5.74, 6) is 0. The second-order valence-electron chi connectivity index (χ2n) is 6.98. The van der Waals surface area contributed by atoms with Crippen molar-refractivity contribution in [1.29, 1.82) is 5.26 Å².